The number of aryl methyl sites for hydroxylation is 1. The number of nitrogens with zero attached hydrogens (tertiary/aromatic N) is 3. The van der Waals surface area contributed by atoms with Crippen LogP contribution in [-0.2, 0) is 24.9 Å². The number of hydrogen-bond donors (Lipinski definition) is 2. The number of aromatic nitrogens is 2. The molecular weight excluding hydrogens is 314 g/mol. The molecule has 6 heteroatoms. The number of ether oxygens (including phenoxy) is 1. The van der Waals surface area contributed by atoms with E-state index in [0.717, 1.165) is 24.6 Å². The molecule has 0 amide bonds. The van der Waals surface area contributed by atoms with Crippen molar-refractivity contribution in [2.45, 2.75) is 27.0 Å². The van der Waals surface area contributed by atoms with Crippen molar-refractivity contribution < 1.29 is 4.74 Å². The second-order valence-corrected chi connectivity index (χ2v) is 6.20. The normalized spacial score (nSPS) is 12.8. The highest BCUT2D eigenvalue weighted by Gasteiger charge is 2.05. The van der Waals surface area contributed by atoms with E-state index in [-0.39, 0.29) is 0 Å². The smallest absolute Gasteiger partial charge is 0.191 e. The molecule has 2 N–H and O–H groups in total. The molecule has 1 atom stereocenters. The first kappa shape index (κ1) is 19.0. The van der Waals surface area contributed by atoms with Crippen molar-refractivity contribution in [1.82, 2.24) is 20.4 Å². The Morgan fingerprint density at radius 3 is 2.72 bits per heavy atom. The van der Waals surface area contributed by atoms with Gasteiger partial charge in [0.2, 0.25) is 0 Å². The van der Waals surface area contributed by atoms with Crippen LogP contribution in [0.1, 0.15) is 25.0 Å². The molecule has 2 rings (SSSR count). The van der Waals surface area contributed by atoms with Crippen LogP contribution in [0.4, 0.5) is 0 Å². The lowest BCUT2D eigenvalue weighted by Crippen LogP contribution is -2.40. The molecule has 0 aliphatic heterocycles. The zero-order chi connectivity index (χ0) is 17.9. The van der Waals surface area contributed by atoms with E-state index < -0.39 is 0 Å². The van der Waals surface area contributed by atoms with E-state index in [2.05, 4.69) is 46.7 Å². The Morgan fingerprint density at radius 1 is 1.24 bits per heavy atom. The van der Waals surface area contributed by atoms with E-state index in [4.69, 9.17) is 4.74 Å². The maximum atomic E-state index is 5.79. The summed E-state index contributed by atoms with van der Waals surface area (Å²) in [6, 6.07) is 10.2. The molecule has 2 aromatic rings. The molecular formula is C19H29N5O. The van der Waals surface area contributed by atoms with E-state index in [9.17, 15) is 0 Å². The second kappa shape index (κ2) is 10.5. The minimum absolute atomic E-state index is 0.394. The molecule has 0 aliphatic rings. The molecule has 1 aromatic heterocycles. The Bertz CT molecular complexity index is 638. The van der Waals surface area contributed by atoms with Crippen molar-refractivity contribution in [3.05, 3.63) is 53.9 Å². The van der Waals surface area contributed by atoms with Crippen LogP contribution in [0.5, 0.6) is 0 Å². The number of rotatable bonds is 9. The number of guanidine groups is 1. The molecule has 1 heterocycles. The predicted molar refractivity (Wildman–Crippen MR) is 101 cm³/mol. The third kappa shape index (κ3) is 7.39. The summed E-state index contributed by atoms with van der Waals surface area (Å²) in [6.07, 6.45) is 3.82. The molecule has 0 spiro atoms. The molecule has 0 aliphatic carbocycles. The zero-order valence-electron chi connectivity index (χ0n) is 15.4. The molecule has 0 saturated carbocycles. The second-order valence-electron chi connectivity index (χ2n) is 6.20. The van der Waals surface area contributed by atoms with Gasteiger partial charge in [0.1, 0.15) is 0 Å². The van der Waals surface area contributed by atoms with E-state index >= 15 is 0 Å². The number of benzene rings is 1. The van der Waals surface area contributed by atoms with E-state index in [0.29, 0.717) is 25.7 Å². The van der Waals surface area contributed by atoms with Crippen LogP contribution >= 0.6 is 0 Å². The van der Waals surface area contributed by atoms with Gasteiger partial charge in [-0.05, 0) is 18.4 Å². The Labute approximate surface area is 150 Å². The number of hydrogen-bond acceptors (Lipinski definition) is 3. The molecule has 0 radical (unpaired) electrons. The molecule has 0 bridgehead atoms. The van der Waals surface area contributed by atoms with Crippen LogP contribution in [0.3, 0.4) is 0 Å². The van der Waals surface area contributed by atoms with E-state index in [1.807, 2.05) is 37.6 Å². The first-order valence-corrected chi connectivity index (χ1v) is 8.78. The number of nitrogens with one attached hydrogen (secondary N) is 2. The van der Waals surface area contributed by atoms with Crippen LogP contribution < -0.4 is 10.6 Å². The molecule has 136 valence electrons. The highest BCUT2D eigenvalue weighted by Crippen LogP contribution is 2.03. The van der Waals surface area contributed by atoms with Crippen LogP contribution in [0.15, 0.2) is 47.7 Å². The van der Waals surface area contributed by atoms with Crippen LogP contribution in [0.2, 0.25) is 0 Å². The fraction of sp³-hybridized carbons (Fsp3) is 0.474. The third-order valence-electron chi connectivity index (χ3n) is 3.65. The van der Waals surface area contributed by atoms with Crippen LogP contribution in [0, 0.1) is 5.92 Å². The topological polar surface area (TPSA) is 63.5 Å². The quantitative estimate of drug-likeness (QED) is 0.542. The lowest BCUT2D eigenvalue weighted by Gasteiger charge is -2.16. The van der Waals surface area contributed by atoms with Gasteiger partial charge in [0.15, 0.2) is 5.96 Å². The fourth-order valence-corrected chi connectivity index (χ4v) is 2.35. The summed E-state index contributed by atoms with van der Waals surface area (Å²) >= 11 is 0. The monoisotopic (exact) mass is 343 g/mol. The lowest BCUT2D eigenvalue weighted by atomic mass is 10.2. The highest BCUT2D eigenvalue weighted by molar-refractivity contribution is 5.79. The summed E-state index contributed by atoms with van der Waals surface area (Å²) in [7, 11) is 1.91. The highest BCUT2D eigenvalue weighted by atomic mass is 16.5. The number of aliphatic imine (C=N–C) groups is 1. The Morgan fingerprint density at radius 2 is 2.04 bits per heavy atom. The van der Waals surface area contributed by atoms with Gasteiger partial charge < -0.3 is 15.4 Å². The van der Waals surface area contributed by atoms with Gasteiger partial charge in [-0.2, -0.15) is 5.10 Å². The minimum Gasteiger partial charge on any atom is -0.376 e. The standard InChI is InChI=1S/C19H29N5O/c1-4-20-19(22-11-18-12-23-24(3)13-18)21-10-16(2)14-25-15-17-8-6-5-7-9-17/h5-9,12-13,16H,4,10-11,14-15H2,1-3H3,(H2,20,21,22). The average molecular weight is 343 g/mol. The van der Waals surface area contributed by atoms with E-state index in [1.165, 1.54) is 5.56 Å². The Hall–Kier alpha value is -2.34. The van der Waals surface area contributed by atoms with Crippen molar-refractivity contribution in [3.8, 4) is 0 Å². The summed E-state index contributed by atoms with van der Waals surface area (Å²) in [5.74, 6) is 1.22. The Kier molecular flexibility index (Phi) is 7.98. The maximum Gasteiger partial charge on any atom is 0.191 e. The van der Waals surface area contributed by atoms with Gasteiger partial charge in [-0.1, -0.05) is 37.3 Å². The molecule has 6 nitrogen and oxygen atoms in total. The molecule has 0 saturated heterocycles. The van der Waals surface area contributed by atoms with Gasteiger partial charge in [-0.25, -0.2) is 4.99 Å². The van der Waals surface area contributed by atoms with Gasteiger partial charge in [0, 0.05) is 31.9 Å². The Balaban J connectivity index is 1.71. The lowest BCUT2D eigenvalue weighted by molar-refractivity contribution is 0.0931. The fourth-order valence-electron chi connectivity index (χ4n) is 2.35. The van der Waals surface area contributed by atoms with Gasteiger partial charge >= 0.3 is 0 Å². The van der Waals surface area contributed by atoms with Crippen molar-refractivity contribution in [3.63, 3.8) is 0 Å². The summed E-state index contributed by atoms with van der Waals surface area (Å²) in [5, 5.41) is 10.8. The zero-order valence-corrected chi connectivity index (χ0v) is 15.4. The minimum atomic E-state index is 0.394. The summed E-state index contributed by atoms with van der Waals surface area (Å²) < 4.78 is 7.58. The third-order valence-corrected chi connectivity index (χ3v) is 3.65. The predicted octanol–water partition coefficient (Wildman–Crippen LogP) is 2.33. The SMILES string of the molecule is CCNC(=NCc1cnn(C)c1)NCC(C)COCc1ccccc1. The van der Waals surface area contributed by atoms with Gasteiger partial charge in [0.25, 0.3) is 0 Å². The first-order chi connectivity index (χ1) is 12.2. The summed E-state index contributed by atoms with van der Waals surface area (Å²) in [6.45, 7) is 7.86. The van der Waals surface area contributed by atoms with Crippen LogP contribution in [-0.4, -0.2) is 35.4 Å². The van der Waals surface area contributed by atoms with Gasteiger partial charge in [-0.15, -0.1) is 0 Å². The van der Waals surface area contributed by atoms with E-state index in [1.54, 1.807) is 4.68 Å². The molecule has 25 heavy (non-hydrogen) atoms. The molecule has 0 fully saturated rings. The largest absolute Gasteiger partial charge is 0.376 e. The average Bonchev–Trinajstić information content (AvgIpc) is 3.04. The van der Waals surface area contributed by atoms with Crippen molar-refractivity contribution in [1.29, 1.82) is 0 Å². The maximum absolute atomic E-state index is 5.79. The van der Waals surface area contributed by atoms with Crippen LogP contribution in [0.25, 0.3) is 0 Å². The van der Waals surface area contributed by atoms with Crippen molar-refractivity contribution >= 4 is 5.96 Å². The summed E-state index contributed by atoms with van der Waals surface area (Å²) in [4.78, 5) is 4.60. The van der Waals surface area contributed by atoms with Gasteiger partial charge in [0.05, 0.1) is 26.0 Å². The summed E-state index contributed by atoms with van der Waals surface area (Å²) in [5.41, 5.74) is 2.30. The van der Waals surface area contributed by atoms with Crippen molar-refractivity contribution in [2.75, 3.05) is 19.7 Å². The van der Waals surface area contributed by atoms with Gasteiger partial charge in [-0.3, -0.25) is 4.68 Å². The molecule has 1 unspecified atom stereocenters. The first-order valence-electron chi connectivity index (χ1n) is 8.78. The van der Waals surface area contributed by atoms with Crippen molar-refractivity contribution in [2.24, 2.45) is 18.0 Å². The molecule has 1 aromatic carbocycles.